The second-order valence-electron chi connectivity index (χ2n) is 6.09. The lowest BCUT2D eigenvalue weighted by Crippen LogP contribution is -2.43. The molecule has 0 aliphatic carbocycles. The Balaban J connectivity index is 2.77. The van der Waals surface area contributed by atoms with E-state index in [0.717, 1.165) is 25.8 Å². The number of likely N-dealkylation sites (N-methyl/N-ethyl adjacent to an activating group) is 1. The first-order chi connectivity index (χ1) is 10.0. The molecule has 0 radical (unpaired) electrons. The van der Waals surface area contributed by atoms with Crippen LogP contribution in [0.5, 0.6) is 0 Å². The van der Waals surface area contributed by atoms with Crippen LogP contribution in [0.3, 0.4) is 0 Å². The van der Waals surface area contributed by atoms with Crippen molar-refractivity contribution >= 4 is 0 Å². The first kappa shape index (κ1) is 17.7. The lowest BCUT2D eigenvalue weighted by Gasteiger charge is -2.41. The predicted octanol–water partition coefficient (Wildman–Crippen LogP) is 5.30. The Morgan fingerprint density at radius 1 is 1.38 bits per heavy atom. The van der Waals surface area contributed by atoms with Gasteiger partial charge in [-0.25, -0.2) is 0 Å². The molecule has 0 N–H and O–H groups in total. The third-order valence-electron chi connectivity index (χ3n) is 4.36. The van der Waals surface area contributed by atoms with Crippen molar-refractivity contribution in [1.29, 1.82) is 0 Å². The number of likely N-dealkylation sites (tertiary alicyclic amines) is 1. The summed E-state index contributed by atoms with van der Waals surface area (Å²) in [5, 5.41) is 0. The van der Waals surface area contributed by atoms with E-state index in [0.29, 0.717) is 12.0 Å². The Morgan fingerprint density at radius 3 is 2.71 bits per heavy atom. The number of rotatable bonds is 6. The number of hydrogen-bond acceptors (Lipinski definition) is 1. The third-order valence-corrected chi connectivity index (χ3v) is 4.36. The van der Waals surface area contributed by atoms with Gasteiger partial charge < -0.3 is 0 Å². The van der Waals surface area contributed by atoms with Crippen molar-refractivity contribution in [3.05, 3.63) is 60.3 Å². The minimum absolute atomic E-state index is 0.498. The predicted molar refractivity (Wildman–Crippen MR) is 95.4 cm³/mol. The summed E-state index contributed by atoms with van der Waals surface area (Å²) in [6, 6.07) is 0.539. The molecule has 2 unspecified atom stereocenters. The normalized spacial score (nSPS) is 26.8. The van der Waals surface area contributed by atoms with E-state index >= 15 is 0 Å². The molecule has 1 heterocycles. The highest BCUT2D eigenvalue weighted by Gasteiger charge is 2.30. The Morgan fingerprint density at radius 2 is 2.10 bits per heavy atom. The summed E-state index contributed by atoms with van der Waals surface area (Å²) in [6.07, 6.45) is 14.0. The molecule has 1 aliphatic rings. The van der Waals surface area contributed by atoms with Crippen molar-refractivity contribution in [2.24, 2.45) is 5.92 Å². The topological polar surface area (TPSA) is 3.24 Å². The van der Waals surface area contributed by atoms with Crippen molar-refractivity contribution in [3.63, 3.8) is 0 Å². The lowest BCUT2D eigenvalue weighted by molar-refractivity contribution is 0.193. The summed E-state index contributed by atoms with van der Waals surface area (Å²) in [4.78, 5) is 2.47. The van der Waals surface area contributed by atoms with Crippen molar-refractivity contribution in [2.75, 3.05) is 13.6 Å². The van der Waals surface area contributed by atoms with Crippen LogP contribution >= 0.6 is 0 Å². The quantitative estimate of drug-likeness (QED) is 0.473. The maximum atomic E-state index is 4.35. The van der Waals surface area contributed by atoms with E-state index in [1.54, 1.807) is 0 Å². The van der Waals surface area contributed by atoms with Crippen LogP contribution in [0.1, 0.15) is 40.0 Å². The van der Waals surface area contributed by atoms with Gasteiger partial charge >= 0.3 is 0 Å². The van der Waals surface area contributed by atoms with E-state index in [1.807, 2.05) is 6.08 Å². The molecule has 1 nitrogen and oxygen atoms in total. The van der Waals surface area contributed by atoms with Crippen molar-refractivity contribution in [2.45, 2.75) is 46.1 Å². The Bertz CT molecular complexity index is 450. The van der Waals surface area contributed by atoms with Crippen molar-refractivity contribution in [3.8, 4) is 0 Å². The van der Waals surface area contributed by atoms with Gasteiger partial charge in [-0.1, -0.05) is 63.0 Å². The van der Waals surface area contributed by atoms with Crippen LogP contribution < -0.4 is 0 Å². The van der Waals surface area contributed by atoms with Gasteiger partial charge in [0, 0.05) is 12.6 Å². The molecule has 0 bridgehead atoms. The van der Waals surface area contributed by atoms with E-state index in [4.69, 9.17) is 0 Å². The molecule has 0 spiro atoms. The Labute approximate surface area is 131 Å². The molecule has 1 heteroatoms. The highest BCUT2D eigenvalue weighted by atomic mass is 15.1. The Hall–Kier alpha value is -1.34. The van der Waals surface area contributed by atoms with Crippen LogP contribution in [0.2, 0.25) is 0 Å². The van der Waals surface area contributed by atoms with Crippen molar-refractivity contribution < 1.29 is 0 Å². The average molecular weight is 285 g/mol. The minimum atomic E-state index is 0.498. The second-order valence-corrected chi connectivity index (χ2v) is 6.09. The third kappa shape index (κ3) is 5.17. The largest absolute Gasteiger partial charge is 0.298 e. The molecule has 1 aliphatic heterocycles. The van der Waals surface area contributed by atoms with Gasteiger partial charge in [-0.05, 0) is 50.3 Å². The van der Waals surface area contributed by atoms with Gasteiger partial charge in [0.1, 0.15) is 0 Å². The molecule has 2 atom stereocenters. The number of nitrogens with zero attached hydrogens (tertiary/aromatic N) is 1. The van der Waals surface area contributed by atoms with Gasteiger partial charge in [0.25, 0.3) is 0 Å². The highest BCUT2D eigenvalue weighted by Crippen LogP contribution is 2.33. The van der Waals surface area contributed by atoms with Gasteiger partial charge in [0.2, 0.25) is 0 Å². The smallest absolute Gasteiger partial charge is 0.0233 e. The standard InChI is InChI=1S/C20H31N/c1-7-9-10-11-13-19-15-21(6)20(18(5)17(19)4)14-16(3)12-8-2/h8-10,12-13,18,20H,2,4,7,11,14-15H2,1,3,5-6H3/b10-9-,16-12+,19-13?. The van der Waals surface area contributed by atoms with E-state index in [9.17, 15) is 0 Å². The van der Waals surface area contributed by atoms with Crippen LogP contribution in [0.25, 0.3) is 0 Å². The molecule has 1 fully saturated rings. The summed E-state index contributed by atoms with van der Waals surface area (Å²) in [5.41, 5.74) is 4.11. The fourth-order valence-corrected chi connectivity index (χ4v) is 2.99. The van der Waals surface area contributed by atoms with Crippen LogP contribution in [-0.4, -0.2) is 24.5 Å². The molecular weight excluding hydrogens is 254 g/mol. The average Bonchev–Trinajstić information content (AvgIpc) is 2.45. The molecular formula is C20H31N. The fraction of sp³-hybridized carbons (Fsp3) is 0.500. The Kier molecular flexibility index (Phi) is 7.45. The van der Waals surface area contributed by atoms with E-state index in [1.165, 1.54) is 16.7 Å². The number of hydrogen-bond donors (Lipinski definition) is 0. The van der Waals surface area contributed by atoms with Gasteiger partial charge in [-0.3, -0.25) is 4.90 Å². The summed E-state index contributed by atoms with van der Waals surface area (Å²) in [5.74, 6) is 0.498. The second kappa shape index (κ2) is 8.84. The zero-order valence-corrected chi connectivity index (χ0v) is 14.2. The van der Waals surface area contributed by atoms with Crippen LogP contribution in [-0.2, 0) is 0 Å². The fourth-order valence-electron chi connectivity index (χ4n) is 2.99. The molecule has 21 heavy (non-hydrogen) atoms. The molecule has 0 aromatic carbocycles. The minimum Gasteiger partial charge on any atom is -0.298 e. The summed E-state index contributed by atoms with van der Waals surface area (Å²) < 4.78 is 0. The summed E-state index contributed by atoms with van der Waals surface area (Å²) in [7, 11) is 2.23. The summed E-state index contributed by atoms with van der Waals surface area (Å²) >= 11 is 0. The molecule has 1 saturated heterocycles. The highest BCUT2D eigenvalue weighted by molar-refractivity contribution is 5.36. The van der Waals surface area contributed by atoms with Crippen LogP contribution in [0.15, 0.2) is 60.3 Å². The molecule has 116 valence electrons. The van der Waals surface area contributed by atoms with Gasteiger partial charge in [-0.2, -0.15) is 0 Å². The van der Waals surface area contributed by atoms with Crippen LogP contribution in [0, 0.1) is 5.92 Å². The van der Waals surface area contributed by atoms with E-state index in [-0.39, 0.29) is 0 Å². The molecule has 0 aromatic heterocycles. The molecule has 0 saturated carbocycles. The zero-order valence-electron chi connectivity index (χ0n) is 14.2. The van der Waals surface area contributed by atoms with Gasteiger partial charge in [-0.15, -0.1) is 0 Å². The van der Waals surface area contributed by atoms with Crippen molar-refractivity contribution in [1.82, 2.24) is 4.90 Å². The lowest BCUT2D eigenvalue weighted by atomic mass is 9.81. The first-order valence-electron chi connectivity index (χ1n) is 8.02. The monoisotopic (exact) mass is 285 g/mol. The maximum Gasteiger partial charge on any atom is 0.0233 e. The van der Waals surface area contributed by atoms with E-state index < -0.39 is 0 Å². The SMILES string of the molecule is C=C/C=C(\C)CC1C(C)C(=C)C(=CC/C=C\CC)CN1C. The maximum absolute atomic E-state index is 4.35. The van der Waals surface area contributed by atoms with Crippen LogP contribution in [0.4, 0.5) is 0 Å². The van der Waals surface area contributed by atoms with Gasteiger partial charge in [0.15, 0.2) is 0 Å². The molecule has 0 aromatic rings. The van der Waals surface area contributed by atoms with Gasteiger partial charge in [0.05, 0.1) is 0 Å². The number of allylic oxidation sites excluding steroid dienone is 5. The summed E-state index contributed by atoms with van der Waals surface area (Å²) in [6.45, 7) is 15.8. The number of piperidine rings is 1. The first-order valence-corrected chi connectivity index (χ1v) is 8.02. The zero-order chi connectivity index (χ0) is 15.8. The molecule has 0 amide bonds. The van der Waals surface area contributed by atoms with E-state index in [2.05, 4.69) is 70.2 Å². The molecule has 1 rings (SSSR count).